The Kier molecular flexibility index (Phi) is 6.11. The average molecular weight is 407 g/mol. The Hall–Kier alpha value is -2.56. The molecule has 2 aromatic rings. The first kappa shape index (κ1) is 22.1. The van der Waals surface area contributed by atoms with Gasteiger partial charge in [0.25, 0.3) is 0 Å². The molecule has 0 aromatic heterocycles. The lowest BCUT2D eigenvalue weighted by Gasteiger charge is -2.24. The number of aliphatic hydroxyl groups is 1. The fourth-order valence-electron chi connectivity index (χ4n) is 4.11. The zero-order valence-corrected chi connectivity index (χ0v) is 18.4. The third-order valence-electron chi connectivity index (χ3n) is 5.42. The molecule has 0 heterocycles. The largest absolute Gasteiger partial charge is 0.381 e. The van der Waals surface area contributed by atoms with Gasteiger partial charge in [-0.05, 0) is 36.8 Å². The molecule has 1 atom stereocenters. The van der Waals surface area contributed by atoms with E-state index < -0.39 is 5.60 Å². The number of ketones is 2. The third-order valence-corrected chi connectivity index (χ3v) is 5.42. The van der Waals surface area contributed by atoms with Gasteiger partial charge in [-0.1, -0.05) is 69.3 Å². The van der Waals surface area contributed by atoms with Crippen molar-refractivity contribution in [2.75, 3.05) is 13.2 Å². The number of benzene rings is 2. The molecule has 0 aliphatic heterocycles. The zero-order chi connectivity index (χ0) is 22.1. The minimum Gasteiger partial charge on any atom is -0.381 e. The summed E-state index contributed by atoms with van der Waals surface area (Å²) in [6, 6.07) is 14.4. The van der Waals surface area contributed by atoms with Crippen LogP contribution >= 0.6 is 0 Å². The van der Waals surface area contributed by atoms with Gasteiger partial charge in [0.15, 0.2) is 11.6 Å². The minimum absolute atomic E-state index is 0.00544. The summed E-state index contributed by atoms with van der Waals surface area (Å²) in [4.78, 5) is 27.0. The molecule has 0 saturated carbocycles. The van der Waals surface area contributed by atoms with E-state index in [-0.39, 0.29) is 34.7 Å². The van der Waals surface area contributed by atoms with Crippen molar-refractivity contribution in [3.63, 3.8) is 0 Å². The molecular weight excluding hydrogens is 376 g/mol. The van der Waals surface area contributed by atoms with Crippen LogP contribution in [0.4, 0.5) is 0 Å². The van der Waals surface area contributed by atoms with E-state index in [1.54, 1.807) is 37.3 Å². The van der Waals surface area contributed by atoms with Gasteiger partial charge in [0.2, 0.25) is 0 Å². The summed E-state index contributed by atoms with van der Waals surface area (Å²) in [5.41, 5.74) is 1.22. The maximum atomic E-state index is 13.7. The summed E-state index contributed by atoms with van der Waals surface area (Å²) in [7, 11) is 0. The Bertz CT molecular complexity index is 1010. The molecule has 1 aliphatic rings. The number of ether oxygens (including phenoxy) is 1. The molecule has 1 N–H and O–H groups in total. The monoisotopic (exact) mass is 406 g/mol. The van der Waals surface area contributed by atoms with E-state index in [9.17, 15) is 14.7 Å². The molecule has 0 amide bonds. The molecule has 0 spiro atoms. The number of rotatable bonds is 6. The molecule has 0 fully saturated rings. The van der Waals surface area contributed by atoms with Gasteiger partial charge in [-0.25, -0.2) is 0 Å². The Morgan fingerprint density at radius 1 is 1.07 bits per heavy atom. The number of carbonyl (C=O) groups is 2. The van der Waals surface area contributed by atoms with Crippen LogP contribution in [0.3, 0.4) is 0 Å². The minimum atomic E-state index is -1.55. The summed E-state index contributed by atoms with van der Waals surface area (Å²) in [6.45, 7) is 10.2. The van der Waals surface area contributed by atoms with E-state index in [1.807, 2.05) is 25.1 Å². The highest BCUT2D eigenvalue weighted by Crippen LogP contribution is 2.43. The highest BCUT2D eigenvalue weighted by Gasteiger charge is 2.46. The average Bonchev–Trinajstić information content (AvgIpc) is 2.88. The summed E-state index contributed by atoms with van der Waals surface area (Å²) in [5, 5.41) is 11.3. The summed E-state index contributed by atoms with van der Waals surface area (Å²) in [5.74, 6) is -0.577. The normalized spacial score (nSPS) is 20.3. The molecule has 158 valence electrons. The fraction of sp³-hybridized carbons (Fsp3) is 0.385. The number of hydrogen-bond donors (Lipinski definition) is 1. The maximum absolute atomic E-state index is 13.7. The van der Waals surface area contributed by atoms with Crippen LogP contribution in [-0.2, 0) is 16.8 Å². The lowest BCUT2D eigenvalue weighted by Crippen LogP contribution is -2.27. The van der Waals surface area contributed by atoms with Gasteiger partial charge in [0.05, 0.1) is 6.61 Å². The Balaban J connectivity index is 2.18. The van der Waals surface area contributed by atoms with Gasteiger partial charge in [-0.2, -0.15) is 0 Å². The van der Waals surface area contributed by atoms with Crippen LogP contribution in [-0.4, -0.2) is 29.9 Å². The van der Waals surface area contributed by atoms with Crippen LogP contribution in [0.5, 0.6) is 0 Å². The van der Waals surface area contributed by atoms with E-state index in [0.29, 0.717) is 23.3 Å². The summed E-state index contributed by atoms with van der Waals surface area (Å²) in [6.07, 6.45) is 0.719. The van der Waals surface area contributed by atoms with E-state index >= 15 is 0 Å². The van der Waals surface area contributed by atoms with Crippen molar-refractivity contribution >= 4 is 11.6 Å². The van der Waals surface area contributed by atoms with Gasteiger partial charge >= 0.3 is 0 Å². The predicted molar refractivity (Wildman–Crippen MR) is 118 cm³/mol. The van der Waals surface area contributed by atoms with Gasteiger partial charge in [-0.15, -0.1) is 0 Å². The van der Waals surface area contributed by atoms with Crippen molar-refractivity contribution in [3.8, 4) is 0 Å². The zero-order valence-electron chi connectivity index (χ0n) is 18.4. The third kappa shape index (κ3) is 4.16. The fourth-order valence-corrected chi connectivity index (χ4v) is 4.11. The van der Waals surface area contributed by atoms with Gasteiger partial charge in [0, 0.05) is 28.9 Å². The van der Waals surface area contributed by atoms with Crippen LogP contribution in [0.1, 0.15) is 66.5 Å². The number of Topliss-reactive ketones (excluding diaryl/α,β-unsaturated/α-hetero) is 2. The molecule has 1 aliphatic carbocycles. The second-order valence-electron chi connectivity index (χ2n) is 9.16. The highest BCUT2D eigenvalue weighted by atomic mass is 16.5. The first-order valence-corrected chi connectivity index (χ1v) is 10.4. The molecule has 4 heteroatoms. The Labute approximate surface area is 178 Å². The smallest absolute Gasteiger partial charge is 0.193 e. The highest BCUT2D eigenvalue weighted by molar-refractivity contribution is 6.22. The molecule has 3 rings (SSSR count). The van der Waals surface area contributed by atoms with Gasteiger partial charge < -0.3 is 9.84 Å². The molecule has 30 heavy (non-hydrogen) atoms. The van der Waals surface area contributed by atoms with E-state index in [1.165, 1.54) is 0 Å². The first-order valence-electron chi connectivity index (χ1n) is 10.4. The lowest BCUT2D eigenvalue weighted by molar-refractivity contribution is 0.0804. The molecular formula is C26H30O4. The molecule has 0 saturated heterocycles. The Morgan fingerprint density at radius 2 is 1.70 bits per heavy atom. The van der Waals surface area contributed by atoms with Crippen molar-refractivity contribution in [2.24, 2.45) is 5.41 Å². The molecule has 4 nitrogen and oxygen atoms in total. The van der Waals surface area contributed by atoms with Crippen molar-refractivity contribution in [2.45, 2.75) is 46.6 Å². The van der Waals surface area contributed by atoms with Crippen LogP contribution in [0, 0.1) is 5.41 Å². The van der Waals surface area contributed by atoms with E-state index in [0.717, 1.165) is 12.0 Å². The van der Waals surface area contributed by atoms with Crippen molar-refractivity contribution in [1.82, 2.24) is 0 Å². The molecule has 0 bridgehead atoms. The van der Waals surface area contributed by atoms with Crippen molar-refractivity contribution in [1.29, 1.82) is 0 Å². The molecule has 0 unspecified atom stereocenters. The topological polar surface area (TPSA) is 63.6 Å². The van der Waals surface area contributed by atoms with Crippen molar-refractivity contribution in [3.05, 3.63) is 81.9 Å². The predicted octanol–water partition coefficient (Wildman–Crippen LogP) is 4.90. The van der Waals surface area contributed by atoms with Crippen molar-refractivity contribution < 1.29 is 19.4 Å². The second kappa shape index (κ2) is 8.29. The molecule has 0 radical (unpaired) electrons. The lowest BCUT2D eigenvalue weighted by atomic mass is 9.83. The number of carbonyl (C=O) groups excluding carboxylic acids is 2. The van der Waals surface area contributed by atoms with E-state index in [2.05, 4.69) is 20.8 Å². The van der Waals surface area contributed by atoms with Crippen LogP contribution in [0.25, 0.3) is 0 Å². The second-order valence-corrected chi connectivity index (χ2v) is 9.16. The quantitative estimate of drug-likeness (QED) is 0.548. The Morgan fingerprint density at radius 3 is 2.33 bits per heavy atom. The summed E-state index contributed by atoms with van der Waals surface area (Å²) < 4.78 is 5.59. The maximum Gasteiger partial charge on any atom is 0.193 e. The first-order chi connectivity index (χ1) is 14.1. The van der Waals surface area contributed by atoms with E-state index in [4.69, 9.17) is 4.74 Å². The van der Waals surface area contributed by atoms with Crippen LogP contribution in [0.15, 0.2) is 59.7 Å². The van der Waals surface area contributed by atoms with Crippen LogP contribution in [0.2, 0.25) is 0 Å². The summed E-state index contributed by atoms with van der Waals surface area (Å²) >= 11 is 0. The SMILES string of the molecule is CCOC/C(C(=O)c1ccccc1CC(C)(C)C)=C1\C(=O)c2ccccc2[C@@]1(C)O. The van der Waals surface area contributed by atoms with Crippen LogP contribution < -0.4 is 0 Å². The standard InChI is InChI=1S/C26H30O4/c1-6-30-16-20(22-24(28)19-13-9-10-14-21(19)26(22,5)29)23(27)18-12-8-7-11-17(18)15-25(2,3)4/h7-14,29H,6,15-16H2,1-5H3/b22-20-/t26-/m1/s1. The molecule has 2 aromatic carbocycles. The van der Waals surface area contributed by atoms with Gasteiger partial charge in [0.1, 0.15) is 5.60 Å². The van der Waals surface area contributed by atoms with Gasteiger partial charge in [-0.3, -0.25) is 9.59 Å². The number of hydrogen-bond acceptors (Lipinski definition) is 4. The number of fused-ring (bicyclic) bond motifs is 1.